The van der Waals surface area contributed by atoms with Crippen LogP contribution in [0, 0.1) is 16.0 Å². The highest BCUT2D eigenvalue weighted by Crippen LogP contribution is 2.28. The Morgan fingerprint density at radius 2 is 2.22 bits per heavy atom. The average Bonchev–Trinajstić information content (AvgIpc) is 2.53. The molecule has 0 saturated carbocycles. The highest BCUT2D eigenvalue weighted by Gasteiger charge is 2.27. The van der Waals surface area contributed by atoms with Crippen molar-refractivity contribution in [1.82, 2.24) is 10.0 Å². The minimum atomic E-state index is -3.94. The predicted octanol–water partition coefficient (Wildman–Crippen LogP) is 1.30. The van der Waals surface area contributed by atoms with Crippen molar-refractivity contribution in [3.05, 3.63) is 28.3 Å². The number of nitro groups is 1. The van der Waals surface area contributed by atoms with Crippen molar-refractivity contribution >= 4 is 28.1 Å². The third kappa shape index (κ3) is 5.03. The van der Waals surface area contributed by atoms with Gasteiger partial charge in [0, 0.05) is 6.54 Å². The number of hydrogen-bond donors (Lipinski definition) is 2. The van der Waals surface area contributed by atoms with Crippen molar-refractivity contribution in [2.75, 3.05) is 26.7 Å². The second-order valence-corrected chi connectivity index (χ2v) is 6.89. The molecule has 10 heteroatoms. The van der Waals surface area contributed by atoms with Gasteiger partial charge in [-0.15, -0.1) is 12.4 Å². The molecular weight excluding hydrogens is 346 g/mol. The zero-order chi connectivity index (χ0) is 16.2. The SMILES string of the molecule is COc1ccc(S(=O)(=O)NCC2CCCNC2)c([N+](=O)[O-])c1.Cl. The minimum absolute atomic E-state index is 0. The number of rotatable bonds is 6. The summed E-state index contributed by atoms with van der Waals surface area (Å²) in [6.07, 6.45) is 1.93. The Bertz CT molecular complexity index is 647. The van der Waals surface area contributed by atoms with Crippen LogP contribution in [0.4, 0.5) is 5.69 Å². The fraction of sp³-hybridized carbons (Fsp3) is 0.538. The Balaban J connectivity index is 0.00000264. The van der Waals surface area contributed by atoms with Crippen LogP contribution in [-0.4, -0.2) is 40.1 Å². The van der Waals surface area contributed by atoms with Gasteiger partial charge in [0.15, 0.2) is 4.90 Å². The van der Waals surface area contributed by atoms with E-state index in [-0.39, 0.29) is 35.5 Å². The topological polar surface area (TPSA) is 111 Å². The first kappa shape index (κ1) is 19.6. The minimum Gasteiger partial charge on any atom is -0.497 e. The van der Waals surface area contributed by atoms with Crippen LogP contribution in [0.5, 0.6) is 5.75 Å². The molecule has 2 N–H and O–H groups in total. The molecule has 1 atom stereocenters. The van der Waals surface area contributed by atoms with E-state index in [9.17, 15) is 18.5 Å². The van der Waals surface area contributed by atoms with Gasteiger partial charge in [0.25, 0.3) is 5.69 Å². The fourth-order valence-corrected chi connectivity index (χ4v) is 3.66. The summed E-state index contributed by atoms with van der Waals surface area (Å²) in [5.41, 5.74) is -0.492. The highest BCUT2D eigenvalue weighted by molar-refractivity contribution is 7.89. The fourth-order valence-electron chi connectivity index (χ4n) is 2.40. The normalized spacial score (nSPS) is 18.0. The Labute approximate surface area is 141 Å². The van der Waals surface area contributed by atoms with E-state index < -0.39 is 20.6 Å². The quantitative estimate of drug-likeness (QED) is 0.580. The molecular formula is C13H20ClN3O5S. The number of nitrogens with zero attached hydrogens (tertiary/aromatic N) is 1. The van der Waals surface area contributed by atoms with Crippen LogP contribution in [0.15, 0.2) is 23.1 Å². The molecule has 2 rings (SSSR count). The summed E-state index contributed by atoms with van der Waals surface area (Å²) in [5, 5.41) is 14.3. The van der Waals surface area contributed by atoms with E-state index in [0.717, 1.165) is 32.0 Å². The van der Waals surface area contributed by atoms with Gasteiger partial charge >= 0.3 is 0 Å². The number of ether oxygens (including phenoxy) is 1. The van der Waals surface area contributed by atoms with Crippen molar-refractivity contribution in [1.29, 1.82) is 0 Å². The van der Waals surface area contributed by atoms with Gasteiger partial charge in [0.2, 0.25) is 10.0 Å². The molecule has 0 aliphatic carbocycles. The van der Waals surface area contributed by atoms with E-state index >= 15 is 0 Å². The summed E-state index contributed by atoms with van der Waals surface area (Å²) in [4.78, 5) is 10.0. The summed E-state index contributed by atoms with van der Waals surface area (Å²) in [6, 6.07) is 3.69. The second kappa shape index (κ2) is 8.44. The molecule has 130 valence electrons. The average molecular weight is 366 g/mol. The number of benzene rings is 1. The summed E-state index contributed by atoms with van der Waals surface area (Å²) in [5.74, 6) is 0.433. The molecule has 0 bridgehead atoms. The van der Waals surface area contributed by atoms with Crippen LogP contribution < -0.4 is 14.8 Å². The van der Waals surface area contributed by atoms with Crippen LogP contribution in [0.2, 0.25) is 0 Å². The van der Waals surface area contributed by atoms with E-state index in [4.69, 9.17) is 4.74 Å². The predicted molar refractivity (Wildman–Crippen MR) is 87.7 cm³/mol. The van der Waals surface area contributed by atoms with Gasteiger partial charge in [-0.1, -0.05) is 0 Å². The number of nitro benzene ring substituents is 1. The first-order chi connectivity index (χ1) is 10.4. The summed E-state index contributed by atoms with van der Waals surface area (Å²) >= 11 is 0. The number of methoxy groups -OCH3 is 1. The van der Waals surface area contributed by atoms with Crippen molar-refractivity contribution in [3.8, 4) is 5.75 Å². The molecule has 1 unspecified atom stereocenters. The maximum absolute atomic E-state index is 12.3. The van der Waals surface area contributed by atoms with Gasteiger partial charge in [0.1, 0.15) is 5.75 Å². The lowest BCUT2D eigenvalue weighted by atomic mass is 10.0. The van der Waals surface area contributed by atoms with Gasteiger partial charge < -0.3 is 10.1 Å². The van der Waals surface area contributed by atoms with Crippen LogP contribution in [0.1, 0.15) is 12.8 Å². The number of halogens is 1. The van der Waals surface area contributed by atoms with E-state index in [2.05, 4.69) is 10.0 Å². The lowest BCUT2D eigenvalue weighted by molar-refractivity contribution is -0.387. The molecule has 0 radical (unpaired) electrons. The van der Waals surface area contributed by atoms with Gasteiger partial charge in [0.05, 0.1) is 18.1 Å². The van der Waals surface area contributed by atoms with Crippen LogP contribution in [0.3, 0.4) is 0 Å². The first-order valence-corrected chi connectivity index (χ1v) is 8.45. The third-order valence-corrected chi connectivity index (χ3v) is 5.08. The molecule has 0 aromatic heterocycles. The molecule has 1 aromatic rings. The molecule has 0 spiro atoms. The Morgan fingerprint density at radius 3 is 2.78 bits per heavy atom. The molecule has 1 heterocycles. The van der Waals surface area contributed by atoms with Crippen molar-refractivity contribution in [3.63, 3.8) is 0 Å². The van der Waals surface area contributed by atoms with Crippen LogP contribution >= 0.6 is 12.4 Å². The van der Waals surface area contributed by atoms with Gasteiger partial charge in [-0.25, -0.2) is 13.1 Å². The Morgan fingerprint density at radius 1 is 1.48 bits per heavy atom. The summed E-state index contributed by atoms with van der Waals surface area (Å²) in [6.45, 7) is 1.94. The van der Waals surface area contributed by atoms with Gasteiger partial charge in [-0.05, 0) is 44.0 Å². The second-order valence-electron chi connectivity index (χ2n) is 5.16. The first-order valence-electron chi connectivity index (χ1n) is 6.97. The van der Waals surface area contributed by atoms with E-state index in [0.29, 0.717) is 0 Å². The maximum Gasteiger partial charge on any atom is 0.293 e. The summed E-state index contributed by atoms with van der Waals surface area (Å²) in [7, 11) is -2.57. The smallest absolute Gasteiger partial charge is 0.293 e. The zero-order valence-electron chi connectivity index (χ0n) is 12.6. The third-order valence-electron chi connectivity index (χ3n) is 3.61. The molecule has 1 aliphatic rings. The maximum atomic E-state index is 12.3. The Hall–Kier alpha value is -1.42. The standard InChI is InChI=1S/C13H19N3O5S.ClH/c1-21-11-4-5-13(12(7-11)16(17)18)22(19,20)15-9-10-3-2-6-14-8-10;/h4-5,7,10,14-15H,2-3,6,8-9H2,1H3;1H. The number of sulfonamides is 1. The molecule has 23 heavy (non-hydrogen) atoms. The lowest BCUT2D eigenvalue weighted by Gasteiger charge is -2.22. The molecule has 1 aromatic carbocycles. The largest absolute Gasteiger partial charge is 0.497 e. The monoisotopic (exact) mass is 365 g/mol. The van der Waals surface area contributed by atoms with Crippen molar-refractivity contribution in [2.45, 2.75) is 17.7 Å². The van der Waals surface area contributed by atoms with Gasteiger partial charge in [-0.3, -0.25) is 10.1 Å². The molecule has 0 amide bonds. The van der Waals surface area contributed by atoms with Crippen molar-refractivity contribution < 1.29 is 18.1 Å². The Kier molecular flexibility index (Phi) is 7.20. The molecule has 1 aliphatic heterocycles. The van der Waals surface area contributed by atoms with E-state index in [1.807, 2.05) is 0 Å². The number of hydrogen-bond acceptors (Lipinski definition) is 6. The molecule has 8 nitrogen and oxygen atoms in total. The number of piperidine rings is 1. The van der Waals surface area contributed by atoms with Crippen LogP contribution in [-0.2, 0) is 10.0 Å². The number of nitrogens with one attached hydrogen (secondary N) is 2. The lowest BCUT2D eigenvalue weighted by Crippen LogP contribution is -2.38. The van der Waals surface area contributed by atoms with Gasteiger partial charge in [-0.2, -0.15) is 0 Å². The molecule has 1 saturated heterocycles. The van der Waals surface area contributed by atoms with Crippen LogP contribution in [0.25, 0.3) is 0 Å². The molecule has 1 fully saturated rings. The van der Waals surface area contributed by atoms with E-state index in [1.54, 1.807) is 0 Å². The van der Waals surface area contributed by atoms with E-state index in [1.165, 1.54) is 19.2 Å². The van der Waals surface area contributed by atoms with Crippen molar-refractivity contribution in [2.24, 2.45) is 5.92 Å². The summed E-state index contributed by atoms with van der Waals surface area (Å²) < 4.78 is 32.0. The highest BCUT2D eigenvalue weighted by atomic mass is 35.5. The zero-order valence-corrected chi connectivity index (χ0v) is 14.3.